The maximum absolute atomic E-state index is 5.88. The van der Waals surface area contributed by atoms with E-state index < -0.39 is 0 Å². The molecule has 0 spiro atoms. The first-order valence-corrected chi connectivity index (χ1v) is 9.14. The van der Waals surface area contributed by atoms with Crippen LogP contribution in [-0.4, -0.2) is 28.8 Å². The molecule has 0 fully saturated rings. The number of H-pyrrole nitrogens is 1. The van der Waals surface area contributed by atoms with Gasteiger partial charge in [-0.2, -0.15) is 5.10 Å². The molecule has 0 bridgehead atoms. The molecule has 2 N–H and O–H groups in total. The smallest absolute Gasteiger partial charge is 0.161 e. The van der Waals surface area contributed by atoms with Crippen molar-refractivity contribution in [1.29, 1.82) is 0 Å². The number of nitrogens with one attached hydrogen (secondary N) is 2. The summed E-state index contributed by atoms with van der Waals surface area (Å²) < 4.78 is 11.4. The Morgan fingerprint density at radius 2 is 1.93 bits per heavy atom. The molecule has 6 heteroatoms. The van der Waals surface area contributed by atoms with Gasteiger partial charge in [-0.15, -0.1) is 0 Å². The summed E-state index contributed by atoms with van der Waals surface area (Å²) >= 11 is 0. The lowest BCUT2D eigenvalue weighted by Crippen LogP contribution is -2.15. The molecule has 0 aliphatic heterocycles. The molecule has 0 unspecified atom stereocenters. The van der Waals surface area contributed by atoms with Crippen LogP contribution in [0.1, 0.15) is 28.8 Å². The fourth-order valence-corrected chi connectivity index (χ4v) is 2.85. The topological polar surface area (TPSA) is 72.1 Å². The summed E-state index contributed by atoms with van der Waals surface area (Å²) in [5.74, 6) is 1.49. The van der Waals surface area contributed by atoms with E-state index in [0.29, 0.717) is 6.61 Å². The van der Waals surface area contributed by atoms with Crippen LogP contribution in [0.3, 0.4) is 0 Å². The van der Waals surface area contributed by atoms with Gasteiger partial charge in [-0.05, 0) is 67.3 Å². The lowest BCUT2D eigenvalue weighted by molar-refractivity contribution is 0.284. The molecule has 142 valence electrons. The normalized spacial score (nSPS) is 10.7. The number of ether oxygens (including phenoxy) is 2. The minimum atomic E-state index is 0.490. The van der Waals surface area contributed by atoms with Gasteiger partial charge in [0.1, 0.15) is 6.61 Å². The number of hydrogen-bond donors (Lipinski definition) is 2. The Balaban J connectivity index is 1.46. The maximum Gasteiger partial charge on any atom is 0.161 e. The second-order valence-electron chi connectivity index (χ2n) is 6.43. The summed E-state index contributed by atoms with van der Waals surface area (Å²) in [6, 6.07) is 9.93. The van der Waals surface area contributed by atoms with Gasteiger partial charge in [0, 0.05) is 24.6 Å². The maximum atomic E-state index is 5.88. The Labute approximate surface area is 159 Å². The zero-order valence-corrected chi connectivity index (χ0v) is 15.9. The monoisotopic (exact) mass is 366 g/mol. The zero-order valence-electron chi connectivity index (χ0n) is 15.9. The Hall–Kier alpha value is -2.86. The molecule has 1 aromatic carbocycles. The van der Waals surface area contributed by atoms with Crippen molar-refractivity contribution in [3.63, 3.8) is 0 Å². The zero-order chi connectivity index (χ0) is 18.9. The highest BCUT2D eigenvalue weighted by atomic mass is 16.5. The molecule has 2 aromatic heterocycles. The van der Waals surface area contributed by atoms with E-state index in [1.807, 2.05) is 30.5 Å². The number of benzene rings is 1. The third-order valence-corrected chi connectivity index (χ3v) is 4.43. The van der Waals surface area contributed by atoms with Crippen LogP contribution in [0, 0.1) is 6.92 Å². The summed E-state index contributed by atoms with van der Waals surface area (Å²) in [5, 5.41) is 10.5. The van der Waals surface area contributed by atoms with Gasteiger partial charge < -0.3 is 14.8 Å². The third-order valence-electron chi connectivity index (χ3n) is 4.43. The van der Waals surface area contributed by atoms with E-state index in [9.17, 15) is 0 Å². The van der Waals surface area contributed by atoms with Crippen molar-refractivity contribution in [2.75, 3.05) is 13.7 Å². The SMILES string of the molecule is COc1cc(CNCCCc2cn[nH]c2C)ccc1OCc1ccncc1. The summed E-state index contributed by atoms with van der Waals surface area (Å²) in [5.41, 5.74) is 4.68. The van der Waals surface area contributed by atoms with Crippen molar-refractivity contribution in [2.45, 2.75) is 32.9 Å². The van der Waals surface area contributed by atoms with E-state index in [2.05, 4.69) is 33.5 Å². The lowest BCUT2D eigenvalue weighted by Gasteiger charge is -2.13. The van der Waals surface area contributed by atoms with Crippen LogP contribution in [0.15, 0.2) is 48.9 Å². The van der Waals surface area contributed by atoms with Crippen LogP contribution in [-0.2, 0) is 19.6 Å². The standard InChI is InChI=1S/C21H26N4O2/c1-16-19(14-24-25-16)4-3-9-23-13-18-5-6-20(21(12-18)26-2)27-15-17-7-10-22-11-8-17/h5-8,10-12,14,23H,3-4,9,13,15H2,1-2H3,(H,24,25). The molecule has 2 heterocycles. The van der Waals surface area contributed by atoms with Gasteiger partial charge in [-0.25, -0.2) is 0 Å². The fraction of sp³-hybridized carbons (Fsp3) is 0.333. The van der Waals surface area contributed by atoms with Crippen molar-refractivity contribution in [2.24, 2.45) is 0 Å². The molecule has 0 aliphatic rings. The predicted octanol–water partition coefficient (Wildman–Crippen LogP) is 3.42. The number of pyridine rings is 1. The molecule has 0 amide bonds. The molecular formula is C21H26N4O2. The van der Waals surface area contributed by atoms with E-state index in [0.717, 1.165) is 48.7 Å². The molecule has 3 rings (SSSR count). The largest absolute Gasteiger partial charge is 0.493 e. The van der Waals surface area contributed by atoms with Crippen LogP contribution in [0.5, 0.6) is 11.5 Å². The molecule has 3 aromatic rings. The van der Waals surface area contributed by atoms with Crippen LogP contribution in [0.4, 0.5) is 0 Å². The highest BCUT2D eigenvalue weighted by Gasteiger charge is 2.06. The highest BCUT2D eigenvalue weighted by Crippen LogP contribution is 2.28. The van der Waals surface area contributed by atoms with Crippen LogP contribution < -0.4 is 14.8 Å². The van der Waals surface area contributed by atoms with E-state index in [4.69, 9.17) is 9.47 Å². The van der Waals surface area contributed by atoms with Gasteiger partial charge in [0.2, 0.25) is 0 Å². The predicted molar refractivity (Wildman–Crippen MR) is 105 cm³/mol. The molecular weight excluding hydrogens is 340 g/mol. The first kappa shape index (κ1) is 18.9. The third kappa shape index (κ3) is 5.56. The Morgan fingerprint density at radius 1 is 1.07 bits per heavy atom. The summed E-state index contributed by atoms with van der Waals surface area (Å²) in [4.78, 5) is 4.01. The summed E-state index contributed by atoms with van der Waals surface area (Å²) in [6.45, 7) is 4.29. The van der Waals surface area contributed by atoms with Gasteiger partial charge in [0.15, 0.2) is 11.5 Å². The molecule has 0 radical (unpaired) electrons. The number of aromatic amines is 1. The van der Waals surface area contributed by atoms with Crippen LogP contribution in [0.25, 0.3) is 0 Å². The second kappa shape index (κ2) is 9.73. The van der Waals surface area contributed by atoms with Gasteiger partial charge in [0.25, 0.3) is 0 Å². The van der Waals surface area contributed by atoms with Crippen LogP contribution >= 0.6 is 0 Å². The van der Waals surface area contributed by atoms with Gasteiger partial charge in [-0.1, -0.05) is 6.07 Å². The summed E-state index contributed by atoms with van der Waals surface area (Å²) in [7, 11) is 1.67. The number of aromatic nitrogens is 3. The second-order valence-corrected chi connectivity index (χ2v) is 6.43. The van der Waals surface area contributed by atoms with E-state index in [-0.39, 0.29) is 0 Å². The minimum absolute atomic E-state index is 0.490. The number of hydrogen-bond acceptors (Lipinski definition) is 5. The average molecular weight is 366 g/mol. The Bertz CT molecular complexity index is 833. The summed E-state index contributed by atoms with van der Waals surface area (Å²) in [6.07, 6.45) is 7.53. The van der Waals surface area contributed by atoms with Gasteiger partial charge in [-0.3, -0.25) is 10.1 Å². The average Bonchev–Trinajstić information content (AvgIpc) is 3.12. The number of methoxy groups -OCH3 is 1. The molecule has 6 nitrogen and oxygen atoms in total. The number of nitrogens with zero attached hydrogens (tertiary/aromatic N) is 2. The molecule has 0 aliphatic carbocycles. The first-order chi connectivity index (χ1) is 13.3. The fourth-order valence-electron chi connectivity index (χ4n) is 2.85. The molecule has 0 atom stereocenters. The van der Waals surface area contributed by atoms with Crippen molar-refractivity contribution in [1.82, 2.24) is 20.5 Å². The minimum Gasteiger partial charge on any atom is -0.493 e. The van der Waals surface area contributed by atoms with E-state index in [1.165, 1.54) is 11.1 Å². The van der Waals surface area contributed by atoms with Crippen molar-refractivity contribution >= 4 is 0 Å². The highest BCUT2D eigenvalue weighted by molar-refractivity contribution is 5.43. The first-order valence-electron chi connectivity index (χ1n) is 9.14. The quantitative estimate of drug-likeness (QED) is 0.538. The van der Waals surface area contributed by atoms with Crippen molar-refractivity contribution < 1.29 is 9.47 Å². The van der Waals surface area contributed by atoms with Gasteiger partial charge in [0.05, 0.1) is 13.3 Å². The number of rotatable bonds is 10. The molecule has 0 saturated heterocycles. The molecule has 0 saturated carbocycles. The van der Waals surface area contributed by atoms with Crippen molar-refractivity contribution in [3.05, 3.63) is 71.3 Å². The van der Waals surface area contributed by atoms with Gasteiger partial charge >= 0.3 is 0 Å². The Kier molecular flexibility index (Phi) is 6.82. The Morgan fingerprint density at radius 3 is 2.67 bits per heavy atom. The number of aryl methyl sites for hydroxylation is 2. The molecule has 27 heavy (non-hydrogen) atoms. The van der Waals surface area contributed by atoms with Crippen LogP contribution in [0.2, 0.25) is 0 Å². The van der Waals surface area contributed by atoms with Crippen molar-refractivity contribution in [3.8, 4) is 11.5 Å². The van der Waals surface area contributed by atoms with E-state index in [1.54, 1.807) is 19.5 Å². The van der Waals surface area contributed by atoms with E-state index >= 15 is 0 Å². The lowest BCUT2D eigenvalue weighted by atomic mass is 10.1.